The van der Waals surface area contributed by atoms with E-state index in [0.29, 0.717) is 0 Å². The van der Waals surface area contributed by atoms with Crippen molar-refractivity contribution in [3.8, 4) is 0 Å². The van der Waals surface area contributed by atoms with Gasteiger partial charge in [-0.2, -0.15) is 8.42 Å². The topological polar surface area (TPSA) is 98.0 Å². The van der Waals surface area contributed by atoms with E-state index in [9.17, 15) is 8.42 Å². The average molecular weight is 439 g/mol. The second-order valence-electron chi connectivity index (χ2n) is 7.34. The molecule has 0 aliphatic carbocycles. The molecule has 0 atom stereocenters. The molecule has 0 spiro atoms. The third-order valence-corrected chi connectivity index (χ3v) is 5.63. The van der Waals surface area contributed by atoms with Gasteiger partial charge in [-0.25, -0.2) is 4.68 Å². The SMILES string of the molecule is CCCC[N+](CCCC)(CCCC)CCCC.O=S(=O)(O)Cn1nnnc1S. The van der Waals surface area contributed by atoms with Crippen LogP contribution in [0.4, 0.5) is 0 Å². The van der Waals surface area contributed by atoms with Crippen LogP contribution < -0.4 is 0 Å². The maximum atomic E-state index is 10.3. The number of aromatic nitrogens is 4. The van der Waals surface area contributed by atoms with E-state index < -0.39 is 16.0 Å². The molecule has 0 aliphatic rings. The molecule has 0 saturated heterocycles. The van der Waals surface area contributed by atoms with Crippen molar-refractivity contribution in [2.45, 2.75) is 90.1 Å². The molecule has 0 fully saturated rings. The molecule has 28 heavy (non-hydrogen) atoms. The Kier molecular flexibility index (Phi) is 14.8. The number of quaternary nitrogens is 1. The normalized spacial score (nSPS) is 11.9. The monoisotopic (exact) mass is 438 g/mol. The van der Waals surface area contributed by atoms with E-state index in [4.69, 9.17) is 4.55 Å². The van der Waals surface area contributed by atoms with Crippen LogP contribution in [0.1, 0.15) is 79.1 Å². The van der Waals surface area contributed by atoms with Crippen LogP contribution in [0.2, 0.25) is 0 Å². The van der Waals surface area contributed by atoms with Crippen LogP contribution in [0.15, 0.2) is 5.16 Å². The molecule has 1 heterocycles. The highest BCUT2D eigenvalue weighted by molar-refractivity contribution is 7.84. The molecule has 0 bridgehead atoms. The van der Waals surface area contributed by atoms with Crippen LogP contribution in [0.25, 0.3) is 0 Å². The third-order valence-electron chi connectivity index (χ3n) is 4.74. The minimum atomic E-state index is -4.10. The second kappa shape index (κ2) is 15.2. The molecule has 1 aromatic rings. The summed E-state index contributed by atoms with van der Waals surface area (Å²) in [5.74, 6) is -0.682. The first-order valence-corrected chi connectivity index (χ1v) is 12.5. The minimum Gasteiger partial charge on any atom is -0.324 e. The van der Waals surface area contributed by atoms with Crippen LogP contribution in [-0.2, 0) is 16.0 Å². The molecule has 8 nitrogen and oxygen atoms in total. The highest BCUT2D eigenvalue weighted by atomic mass is 32.2. The van der Waals surface area contributed by atoms with Crippen LogP contribution in [0.5, 0.6) is 0 Å². The first-order valence-electron chi connectivity index (χ1n) is 10.5. The van der Waals surface area contributed by atoms with Gasteiger partial charge in [0.25, 0.3) is 10.1 Å². The lowest BCUT2D eigenvalue weighted by molar-refractivity contribution is -0.929. The van der Waals surface area contributed by atoms with Crippen molar-refractivity contribution in [3.63, 3.8) is 0 Å². The van der Waals surface area contributed by atoms with Crippen molar-refractivity contribution < 1.29 is 17.5 Å². The maximum Gasteiger partial charge on any atom is 0.285 e. The molecule has 166 valence electrons. The number of nitrogens with zero attached hydrogens (tertiary/aromatic N) is 5. The fourth-order valence-electron chi connectivity index (χ4n) is 3.08. The number of tetrazole rings is 1. The Morgan fingerprint density at radius 2 is 1.29 bits per heavy atom. The minimum absolute atomic E-state index is 0.0302. The van der Waals surface area contributed by atoms with Gasteiger partial charge in [0.15, 0.2) is 5.88 Å². The van der Waals surface area contributed by atoms with E-state index in [-0.39, 0.29) is 5.16 Å². The molecular formula is C18H40N5O3S2+. The van der Waals surface area contributed by atoms with Gasteiger partial charge in [-0.1, -0.05) is 53.4 Å². The fraction of sp³-hybridized carbons (Fsp3) is 0.944. The predicted molar refractivity (Wildman–Crippen MR) is 116 cm³/mol. The summed E-state index contributed by atoms with van der Waals surface area (Å²) in [5, 5.41) is 9.68. The van der Waals surface area contributed by atoms with Crippen molar-refractivity contribution in [2.24, 2.45) is 0 Å². The Hall–Kier alpha value is -0.710. The second-order valence-corrected chi connectivity index (χ2v) is 9.16. The lowest BCUT2D eigenvalue weighted by atomic mass is 10.1. The summed E-state index contributed by atoms with van der Waals surface area (Å²) in [4.78, 5) is 0. The van der Waals surface area contributed by atoms with Crippen LogP contribution in [0.3, 0.4) is 0 Å². The molecule has 10 heteroatoms. The van der Waals surface area contributed by atoms with Crippen molar-refractivity contribution >= 4 is 22.7 Å². The van der Waals surface area contributed by atoms with Gasteiger partial charge in [-0.05, 0) is 36.1 Å². The predicted octanol–water partition coefficient (Wildman–Crippen LogP) is 3.81. The Bertz CT molecular complexity index is 571. The van der Waals surface area contributed by atoms with Crippen molar-refractivity contribution in [2.75, 3.05) is 26.2 Å². The largest absolute Gasteiger partial charge is 0.324 e. The van der Waals surface area contributed by atoms with E-state index in [0.717, 1.165) is 4.68 Å². The molecule has 0 radical (unpaired) electrons. The lowest BCUT2D eigenvalue weighted by Gasteiger charge is -2.39. The summed E-state index contributed by atoms with van der Waals surface area (Å²) in [5.41, 5.74) is 0. The van der Waals surface area contributed by atoms with Crippen LogP contribution in [0, 0.1) is 0 Å². The van der Waals surface area contributed by atoms with Gasteiger partial charge in [-0.15, -0.1) is 17.7 Å². The van der Waals surface area contributed by atoms with Crippen LogP contribution in [-0.4, -0.2) is 63.8 Å². The van der Waals surface area contributed by atoms with E-state index >= 15 is 0 Å². The summed E-state index contributed by atoms with van der Waals surface area (Å²) in [6.07, 6.45) is 11.1. The van der Waals surface area contributed by atoms with E-state index in [1.807, 2.05) is 0 Å². The zero-order valence-corrected chi connectivity index (χ0v) is 19.8. The standard InChI is InChI=1S/C16H36N.C2H4N4O3S2/c1-5-9-13-17(14-10-6-2,15-11-7-3)16-12-8-4;7-11(8,9)1-6-2(10)3-4-5-6/h5-16H2,1-4H3;1H2,(H,3,5,10)(H,7,8,9)/q+1;. The number of unbranched alkanes of at least 4 members (excludes halogenated alkanes) is 4. The third kappa shape index (κ3) is 12.7. The molecule has 1 aromatic heterocycles. The Labute approximate surface area is 176 Å². The lowest BCUT2D eigenvalue weighted by Crippen LogP contribution is -2.50. The Morgan fingerprint density at radius 3 is 1.54 bits per heavy atom. The number of rotatable bonds is 14. The van der Waals surface area contributed by atoms with Gasteiger partial charge in [0.2, 0.25) is 5.16 Å². The van der Waals surface area contributed by atoms with E-state index in [2.05, 4.69) is 55.8 Å². The summed E-state index contributed by atoms with van der Waals surface area (Å²) < 4.78 is 31.1. The fourth-order valence-corrected chi connectivity index (χ4v) is 3.81. The zero-order valence-electron chi connectivity index (χ0n) is 18.0. The van der Waals surface area contributed by atoms with Gasteiger partial charge in [0, 0.05) is 0 Å². The zero-order chi connectivity index (χ0) is 21.5. The van der Waals surface area contributed by atoms with E-state index in [1.54, 1.807) is 0 Å². The quantitative estimate of drug-likeness (QED) is 0.260. The van der Waals surface area contributed by atoms with E-state index in [1.165, 1.54) is 82.0 Å². The summed E-state index contributed by atoms with van der Waals surface area (Å²) in [6.45, 7) is 15.0. The van der Waals surface area contributed by atoms with Gasteiger partial charge < -0.3 is 4.48 Å². The van der Waals surface area contributed by atoms with Crippen molar-refractivity contribution in [3.05, 3.63) is 0 Å². The molecule has 1 rings (SSSR count). The molecule has 0 saturated carbocycles. The van der Waals surface area contributed by atoms with Crippen LogP contribution >= 0.6 is 12.6 Å². The molecule has 1 N–H and O–H groups in total. The summed E-state index contributed by atoms with van der Waals surface area (Å²) in [6, 6.07) is 0. The molecule has 0 amide bonds. The number of hydrogen-bond acceptors (Lipinski definition) is 6. The number of thiol groups is 1. The maximum absolute atomic E-state index is 10.3. The molecule has 0 aliphatic heterocycles. The first kappa shape index (κ1) is 27.3. The van der Waals surface area contributed by atoms with Gasteiger partial charge in [0.1, 0.15) is 0 Å². The average Bonchev–Trinajstić information content (AvgIpc) is 3.04. The molecule has 0 aromatic carbocycles. The molecule has 0 unspecified atom stereocenters. The highest BCUT2D eigenvalue weighted by Gasteiger charge is 2.24. The van der Waals surface area contributed by atoms with Crippen molar-refractivity contribution in [1.82, 2.24) is 20.2 Å². The Balaban J connectivity index is 0.000000567. The first-order chi connectivity index (χ1) is 13.2. The smallest absolute Gasteiger partial charge is 0.285 e. The van der Waals surface area contributed by atoms with Gasteiger partial charge in [-0.3, -0.25) is 4.55 Å². The van der Waals surface area contributed by atoms with Gasteiger partial charge in [0.05, 0.1) is 26.2 Å². The summed E-state index contributed by atoms with van der Waals surface area (Å²) >= 11 is 3.71. The highest BCUT2D eigenvalue weighted by Crippen LogP contribution is 2.16. The van der Waals surface area contributed by atoms with Gasteiger partial charge >= 0.3 is 0 Å². The Morgan fingerprint density at radius 1 is 0.893 bits per heavy atom. The number of hydrogen-bond donors (Lipinski definition) is 2. The molecular weight excluding hydrogens is 398 g/mol. The summed E-state index contributed by atoms with van der Waals surface area (Å²) in [7, 11) is -4.10. The van der Waals surface area contributed by atoms with Crippen molar-refractivity contribution in [1.29, 1.82) is 0 Å².